The highest BCUT2D eigenvalue weighted by atomic mass is 16.5. The number of carbonyl (C=O) groups is 1. The maximum Gasteiger partial charge on any atom is 0.218 e. The van der Waals surface area contributed by atoms with Crippen LogP contribution in [0.25, 0.3) is 0 Å². The van der Waals surface area contributed by atoms with Crippen molar-refractivity contribution in [3.8, 4) is 5.75 Å². The summed E-state index contributed by atoms with van der Waals surface area (Å²) in [4.78, 5) is 16.6. The average molecular weight is 371 g/mol. The van der Waals surface area contributed by atoms with E-state index < -0.39 is 0 Å². The number of aryl methyl sites for hydroxylation is 1. The van der Waals surface area contributed by atoms with E-state index in [0.29, 0.717) is 12.6 Å². The van der Waals surface area contributed by atoms with Crippen LogP contribution in [0.4, 0.5) is 5.69 Å². The molecule has 1 aromatic carbocycles. The van der Waals surface area contributed by atoms with Crippen molar-refractivity contribution < 1.29 is 14.4 Å². The van der Waals surface area contributed by atoms with Gasteiger partial charge in [-0.05, 0) is 58.0 Å². The average Bonchev–Trinajstić information content (AvgIpc) is 2.97. The molecule has 0 bridgehead atoms. The fourth-order valence-corrected chi connectivity index (χ4v) is 4.23. The van der Waals surface area contributed by atoms with Gasteiger partial charge in [0.15, 0.2) is 0 Å². The zero-order valence-electron chi connectivity index (χ0n) is 17.2. The second-order valence-electron chi connectivity index (χ2n) is 7.78. The molecule has 1 N–H and O–H groups in total. The van der Waals surface area contributed by atoms with Crippen molar-refractivity contribution in [3.63, 3.8) is 0 Å². The summed E-state index contributed by atoms with van der Waals surface area (Å²) in [7, 11) is 1.69. The summed E-state index contributed by atoms with van der Waals surface area (Å²) in [6, 6.07) is 10.7. The van der Waals surface area contributed by atoms with Gasteiger partial charge >= 0.3 is 0 Å². The Bertz CT molecular complexity index is 785. The van der Waals surface area contributed by atoms with E-state index >= 15 is 0 Å². The minimum atomic E-state index is 0.267. The van der Waals surface area contributed by atoms with Crippen molar-refractivity contribution in [1.29, 1.82) is 0 Å². The van der Waals surface area contributed by atoms with Crippen molar-refractivity contribution in [2.75, 3.05) is 44.7 Å². The molecule has 1 saturated heterocycles. The van der Waals surface area contributed by atoms with Gasteiger partial charge in [-0.1, -0.05) is 0 Å². The molecule has 27 heavy (non-hydrogen) atoms. The Morgan fingerprint density at radius 2 is 1.78 bits per heavy atom. The molecule has 1 aromatic heterocycles. The standard InChI is InChI=1S/C22H31N3O2/c1-16(2)25-17(3)14-21(18(25)4)22(26)15-23-10-12-24(13-11-23)19-6-8-20(27-5)9-7-19/h6-9,14,16H,10-13,15H2,1-5H3/p+1. The monoisotopic (exact) mass is 370 g/mol. The normalized spacial score (nSPS) is 15.4. The lowest BCUT2D eigenvalue weighted by Crippen LogP contribution is -3.15. The number of hydrogen-bond donors (Lipinski definition) is 1. The topological polar surface area (TPSA) is 38.9 Å². The molecule has 1 aliphatic heterocycles. The first-order valence-corrected chi connectivity index (χ1v) is 9.85. The van der Waals surface area contributed by atoms with Crippen LogP contribution in [0.1, 0.15) is 41.6 Å². The summed E-state index contributed by atoms with van der Waals surface area (Å²) in [6.45, 7) is 13.0. The van der Waals surface area contributed by atoms with E-state index in [4.69, 9.17) is 4.74 Å². The maximum atomic E-state index is 12.9. The third-order valence-corrected chi connectivity index (χ3v) is 5.62. The molecule has 5 nitrogen and oxygen atoms in total. The Morgan fingerprint density at radius 3 is 2.30 bits per heavy atom. The van der Waals surface area contributed by atoms with Crippen LogP contribution in [-0.2, 0) is 0 Å². The summed E-state index contributed by atoms with van der Waals surface area (Å²) < 4.78 is 7.49. The van der Waals surface area contributed by atoms with Gasteiger partial charge in [-0.3, -0.25) is 4.79 Å². The number of nitrogens with one attached hydrogen (secondary N) is 1. The summed E-state index contributed by atoms with van der Waals surface area (Å²) in [5, 5.41) is 0. The van der Waals surface area contributed by atoms with Crippen LogP contribution in [0.15, 0.2) is 30.3 Å². The number of ether oxygens (including phenoxy) is 1. The Labute approximate surface area is 162 Å². The summed E-state index contributed by atoms with van der Waals surface area (Å²) in [5.74, 6) is 1.15. The minimum Gasteiger partial charge on any atom is -0.497 e. The molecule has 0 radical (unpaired) electrons. The number of Topliss-reactive ketones (excluding diaryl/α,β-unsaturated/α-hetero) is 1. The molecule has 1 aliphatic rings. The number of methoxy groups -OCH3 is 1. The van der Waals surface area contributed by atoms with Gasteiger partial charge in [-0.2, -0.15) is 0 Å². The van der Waals surface area contributed by atoms with Crippen LogP contribution in [0, 0.1) is 13.8 Å². The van der Waals surface area contributed by atoms with E-state index in [2.05, 4.69) is 55.4 Å². The van der Waals surface area contributed by atoms with Crippen LogP contribution >= 0.6 is 0 Å². The molecule has 0 amide bonds. The molecule has 0 atom stereocenters. The van der Waals surface area contributed by atoms with Crippen LogP contribution in [-0.4, -0.2) is 50.2 Å². The fraction of sp³-hybridized carbons (Fsp3) is 0.500. The zero-order chi connectivity index (χ0) is 19.6. The second-order valence-corrected chi connectivity index (χ2v) is 7.78. The number of hydrogen-bond acceptors (Lipinski definition) is 3. The Balaban J connectivity index is 1.59. The van der Waals surface area contributed by atoms with Crippen LogP contribution < -0.4 is 14.5 Å². The molecule has 146 valence electrons. The maximum absolute atomic E-state index is 12.9. The van der Waals surface area contributed by atoms with Gasteiger partial charge < -0.3 is 19.1 Å². The van der Waals surface area contributed by atoms with Crippen molar-refractivity contribution in [3.05, 3.63) is 47.3 Å². The third kappa shape index (κ3) is 4.19. The van der Waals surface area contributed by atoms with Gasteiger partial charge in [0, 0.05) is 28.7 Å². The lowest BCUT2D eigenvalue weighted by atomic mass is 10.1. The highest BCUT2D eigenvalue weighted by molar-refractivity contribution is 5.98. The number of aromatic nitrogens is 1. The zero-order valence-corrected chi connectivity index (χ0v) is 17.2. The first-order valence-electron chi connectivity index (χ1n) is 9.85. The summed E-state index contributed by atoms with van der Waals surface area (Å²) in [5.41, 5.74) is 4.39. The number of benzene rings is 1. The van der Waals surface area contributed by atoms with Gasteiger partial charge in [0.25, 0.3) is 0 Å². The van der Waals surface area contributed by atoms with E-state index in [9.17, 15) is 4.79 Å². The fourth-order valence-electron chi connectivity index (χ4n) is 4.23. The molecule has 5 heteroatoms. The van der Waals surface area contributed by atoms with Crippen LogP contribution in [0.2, 0.25) is 0 Å². The molecule has 0 aliphatic carbocycles. The smallest absolute Gasteiger partial charge is 0.218 e. The SMILES string of the molecule is COc1ccc(N2CC[NH+](CC(=O)c3cc(C)n(C(C)C)c3C)CC2)cc1. The van der Waals surface area contributed by atoms with Gasteiger partial charge in [0.05, 0.1) is 33.3 Å². The molecule has 0 spiro atoms. The second kappa shape index (κ2) is 8.17. The molecule has 2 aromatic rings. The number of carbonyl (C=O) groups excluding carboxylic acids is 1. The number of piperazine rings is 1. The number of nitrogens with zero attached hydrogens (tertiary/aromatic N) is 2. The Morgan fingerprint density at radius 1 is 1.15 bits per heavy atom. The predicted molar refractivity (Wildman–Crippen MR) is 109 cm³/mol. The first kappa shape index (κ1) is 19.5. The molecular formula is C22H32N3O2+. The molecule has 2 heterocycles. The van der Waals surface area contributed by atoms with Crippen molar-refractivity contribution in [1.82, 2.24) is 4.57 Å². The largest absolute Gasteiger partial charge is 0.497 e. The van der Waals surface area contributed by atoms with E-state index in [-0.39, 0.29) is 5.78 Å². The molecule has 1 fully saturated rings. The number of rotatable bonds is 6. The lowest BCUT2D eigenvalue weighted by molar-refractivity contribution is -0.892. The van der Waals surface area contributed by atoms with Gasteiger partial charge in [-0.25, -0.2) is 0 Å². The molecule has 0 saturated carbocycles. The highest BCUT2D eigenvalue weighted by Crippen LogP contribution is 2.21. The quantitative estimate of drug-likeness (QED) is 0.793. The van der Waals surface area contributed by atoms with Crippen LogP contribution in [0.3, 0.4) is 0 Å². The summed E-state index contributed by atoms with van der Waals surface area (Å²) >= 11 is 0. The number of anilines is 1. The Hall–Kier alpha value is -2.27. The van der Waals surface area contributed by atoms with Crippen LogP contribution in [0.5, 0.6) is 5.75 Å². The summed E-state index contributed by atoms with van der Waals surface area (Å²) in [6.07, 6.45) is 0. The molecular weight excluding hydrogens is 338 g/mol. The van der Waals surface area contributed by atoms with Gasteiger partial charge in [-0.15, -0.1) is 0 Å². The van der Waals surface area contributed by atoms with Crippen molar-refractivity contribution >= 4 is 11.5 Å². The van der Waals surface area contributed by atoms with Gasteiger partial charge in [0.1, 0.15) is 12.3 Å². The van der Waals surface area contributed by atoms with Gasteiger partial charge in [0.2, 0.25) is 5.78 Å². The van der Waals surface area contributed by atoms with Crippen molar-refractivity contribution in [2.45, 2.75) is 33.7 Å². The minimum absolute atomic E-state index is 0.267. The van der Waals surface area contributed by atoms with E-state index in [1.54, 1.807) is 7.11 Å². The predicted octanol–water partition coefficient (Wildman–Crippen LogP) is 2.28. The molecule has 3 rings (SSSR count). The van der Waals surface area contributed by atoms with E-state index in [1.807, 2.05) is 12.1 Å². The van der Waals surface area contributed by atoms with E-state index in [0.717, 1.165) is 43.2 Å². The number of ketones is 1. The lowest BCUT2D eigenvalue weighted by Gasteiger charge is -2.33. The first-order chi connectivity index (χ1) is 12.9. The number of quaternary nitrogens is 1. The third-order valence-electron chi connectivity index (χ3n) is 5.62. The Kier molecular flexibility index (Phi) is 5.90. The van der Waals surface area contributed by atoms with Crippen molar-refractivity contribution in [2.24, 2.45) is 0 Å². The highest BCUT2D eigenvalue weighted by Gasteiger charge is 2.25. The molecule has 0 unspecified atom stereocenters. The van der Waals surface area contributed by atoms with E-state index in [1.165, 1.54) is 16.3 Å².